The lowest BCUT2D eigenvalue weighted by atomic mass is 9.92. The molecule has 0 spiro atoms. The number of methoxy groups -OCH3 is 1. The van der Waals surface area contributed by atoms with Crippen molar-refractivity contribution < 1.29 is 57.1 Å². The number of hydrogen-bond donors (Lipinski definition) is 3. The van der Waals surface area contributed by atoms with Crippen LogP contribution in [0.5, 0.6) is 11.5 Å². The molecule has 0 radical (unpaired) electrons. The lowest BCUT2D eigenvalue weighted by molar-refractivity contribution is 0.0680. The predicted molar refractivity (Wildman–Crippen MR) is 397 cm³/mol. The number of benzene rings is 8. The Balaban J connectivity index is 0.000000131. The third-order valence-electron chi connectivity index (χ3n) is 19.4. The molecule has 0 amide bonds. The largest absolute Gasteiger partial charge is 0.496 e. The molecule has 103 heavy (non-hydrogen) atoms. The molecule has 8 aromatic carbocycles. The van der Waals surface area contributed by atoms with Gasteiger partial charge in [0.25, 0.3) is 0 Å². The molecule has 4 aliphatic rings. The maximum atomic E-state index is 13.9. The van der Waals surface area contributed by atoms with Gasteiger partial charge in [0.05, 0.1) is 62.1 Å². The Hall–Kier alpha value is -11.7. The molecule has 0 saturated carbocycles. The van der Waals surface area contributed by atoms with Crippen molar-refractivity contribution in [1.82, 2.24) is 18.7 Å². The van der Waals surface area contributed by atoms with Gasteiger partial charge in [-0.3, -0.25) is 15.0 Å². The van der Waals surface area contributed by atoms with E-state index in [-0.39, 0.29) is 58.1 Å². The number of nitrogens with zero attached hydrogens (tertiary/aromatic N) is 7. The van der Waals surface area contributed by atoms with Crippen LogP contribution in [0.25, 0.3) is 83.2 Å². The number of aryl methyl sites for hydroxylation is 2. The Morgan fingerprint density at radius 3 is 1.35 bits per heavy atom. The molecule has 1 unspecified atom stereocenters. The monoisotopic (exact) mass is 1380 g/mol. The normalized spacial score (nSPS) is 14.0. The van der Waals surface area contributed by atoms with E-state index in [0.29, 0.717) is 50.0 Å². The average Bonchev–Trinajstić information content (AvgIpc) is 1.59. The first-order valence-corrected chi connectivity index (χ1v) is 34.2. The van der Waals surface area contributed by atoms with Crippen molar-refractivity contribution in [2.45, 2.75) is 105 Å². The summed E-state index contributed by atoms with van der Waals surface area (Å²) in [6.45, 7) is 19.4. The number of rotatable bonds is 15. The summed E-state index contributed by atoms with van der Waals surface area (Å²) in [5.41, 5.74) is 22.5. The van der Waals surface area contributed by atoms with E-state index in [2.05, 4.69) is 112 Å². The Kier molecular flexibility index (Phi) is 18.4. The Morgan fingerprint density at radius 1 is 0.515 bits per heavy atom. The van der Waals surface area contributed by atoms with Crippen LogP contribution >= 0.6 is 0 Å². The second-order valence-electron chi connectivity index (χ2n) is 27.2. The van der Waals surface area contributed by atoms with Crippen LogP contribution in [0.1, 0.15) is 159 Å². The van der Waals surface area contributed by atoms with Crippen LogP contribution < -0.4 is 9.47 Å². The van der Waals surface area contributed by atoms with Gasteiger partial charge in [0.2, 0.25) is 0 Å². The molecule has 1 saturated heterocycles. The van der Waals surface area contributed by atoms with Crippen molar-refractivity contribution in [2.24, 2.45) is 15.0 Å². The quantitative estimate of drug-likeness (QED) is 0.0886. The van der Waals surface area contributed by atoms with Crippen LogP contribution in [-0.2, 0) is 24.4 Å². The van der Waals surface area contributed by atoms with Gasteiger partial charge in [0.15, 0.2) is 0 Å². The van der Waals surface area contributed by atoms with Crippen molar-refractivity contribution >= 4 is 69.3 Å². The van der Waals surface area contributed by atoms with E-state index >= 15 is 0 Å². The maximum Gasteiger partial charge on any atom is 0.354 e. The van der Waals surface area contributed by atoms with Crippen LogP contribution in [0.2, 0.25) is 0 Å². The van der Waals surface area contributed by atoms with Crippen molar-refractivity contribution in [3.8, 4) is 61.9 Å². The standard InChI is InChI=1S/C30H27FN2O4.C28H25FN2O3.C26H22FN3O2/c1-17(2)29-28(24-8-3-18(30(34)35)13-27(24)37-23-9-10-36-16-23)25-11-19-14-32-15-20(19)12-26(25)33(29)22-6-4-21(31)5-7-22;1-15(2)26-25(17-9-16(3)27(34-4)23(10-17)28(32)33)22-11-18-13-30-14-19(18)12-24(22)31(26)21-7-5-20(29)6-8-21;1-14(2)25-24(20-8-9-22(26(31)32)29-15(20)3)21-10-16-12-28-13-17(16)11-23(21)30(25)19-6-4-18(27)5-7-19/h3-8,11-13,15,17,23H,9-10,14,16H2,1-2H3,(H,34,35);5-12,14-15H,13H2,1-4H3,(H,32,33);4-11,13-14H,12H2,1-3H3,(H,31,32). The molecule has 3 N–H and O–H groups in total. The highest BCUT2D eigenvalue weighted by molar-refractivity contribution is 6.08. The topological polar surface area (TPSA) is 204 Å². The van der Waals surface area contributed by atoms with Crippen molar-refractivity contribution in [1.29, 1.82) is 0 Å². The number of carbonyl (C=O) groups is 3. The van der Waals surface area contributed by atoms with Crippen LogP contribution in [-0.4, -0.2) is 97.0 Å². The molecule has 1 fully saturated rings. The maximum absolute atomic E-state index is 13.9. The molecule has 16 nitrogen and oxygen atoms in total. The number of aromatic carboxylic acids is 3. The minimum Gasteiger partial charge on any atom is -0.496 e. The zero-order valence-electron chi connectivity index (χ0n) is 58.3. The summed E-state index contributed by atoms with van der Waals surface area (Å²) in [5, 5.41) is 32.0. The number of carboxylic acids is 3. The number of aliphatic imine (C=N–C) groups is 3. The first-order valence-electron chi connectivity index (χ1n) is 34.2. The highest BCUT2D eigenvalue weighted by Gasteiger charge is 2.31. The Morgan fingerprint density at radius 2 is 0.951 bits per heavy atom. The summed E-state index contributed by atoms with van der Waals surface area (Å²) in [7, 11) is 1.48. The number of hydrogen-bond acceptors (Lipinski definition) is 10. The number of aromatic nitrogens is 4. The molecule has 1 atom stereocenters. The third kappa shape index (κ3) is 12.7. The molecule has 0 bridgehead atoms. The number of pyridine rings is 1. The van der Waals surface area contributed by atoms with Crippen LogP contribution in [0.4, 0.5) is 13.2 Å². The van der Waals surface area contributed by atoms with E-state index in [0.717, 1.165) is 146 Å². The minimum atomic E-state index is -1.05. The zero-order valence-corrected chi connectivity index (χ0v) is 58.3. The van der Waals surface area contributed by atoms with Crippen LogP contribution in [0.15, 0.2) is 167 Å². The number of halogens is 3. The lowest BCUT2D eigenvalue weighted by Crippen LogP contribution is -2.16. The number of carboxylic acid groups (broad SMARTS) is 3. The minimum absolute atomic E-state index is 0.0221. The summed E-state index contributed by atoms with van der Waals surface area (Å²) in [6.07, 6.45) is 6.26. The molecule has 8 heterocycles. The highest BCUT2D eigenvalue weighted by atomic mass is 19.1. The van der Waals surface area contributed by atoms with Gasteiger partial charge < -0.3 is 43.2 Å². The van der Waals surface area contributed by atoms with Gasteiger partial charge in [-0.1, -0.05) is 47.6 Å². The molecular formula is C84H74F3N7O9. The fourth-order valence-electron chi connectivity index (χ4n) is 14.9. The number of fused-ring (bicyclic) bond motifs is 6. The molecule has 520 valence electrons. The summed E-state index contributed by atoms with van der Waals surface area (Å²) in [6, 6.07) is 44.5. The van der Waals surface area contributed by atoms with E-state index in [1.807, 2.05) is 50.7 Å². The second-order valence-corrected chi connectivity index (χ2v) is 27.2. The fourth-order valence-corrected chi connectivity index (χ4v) is 14.9. The van der Waals surface area contributed by atoms with E-state index in [1.165, 1.54) is 43.5 Å². The summed E-state index contributed by atoms with van der Waals surface area (Å²) in [5.74, 6) is -2.74. The van der Waals surface area contributed by atoms with Gasteiger partial charge in [-0.25, -0.2) is 32.5 Å². The van der Waals surface area contributed by atoms with Crippen LogP contribution in [0.3, 0.4) is 0 Å². The van der Waals surface area contributed by atoms with Crippen LogP contribution in [0, 0.1) is 31.3 Å². The summed E-state index contributed by atoms with van der Waals surface area (Å²) >= 11 is 0. The van der Waals surface area contributed by atoms with E-state index in [9.17, 15) is 42.9 Å². The van der Waals surface area contributed by atoms with Gasteiger partial charge in [-0.05, 0) is 222 Å². The predicted octanol–water partition coefficient (Wildman–Crippen LogP) is 18.8. The van der Waals surface area contributed by atoms with Crippen molar-refractivity contribution in [3.63, 3.8) is 0 Å². The highest BCUT2D eigenvalue weighted by Crippen LogP contribution is 2.49. The molecule has 0 aliphatic carbocycles. The SMILES string of the molecule is CC(C)c1c(-c2ccc(C(=O)O)cc2OC2CCOC2)c2cc3c(cc2n1-c1ccc(F)cc1)C=NC3.COc1c(C)cc(-c2c(C(C)C)n(-c3ccc(F)cc3)c3cc4c(cc23)CN=C4)cc1C(=O)O.Cc1nc(C(=O)O)ccc1-c1c(C(C)C)n(-c2ccc(F)cc2)c2cc3c(cc12)CN=C3. The fraction of sp³-hybridized carbons (Fsp3) is 0.226. The molecule has 4 aromatic heterocycles. The van der Waals surface area contributed by atoms with Gasteiger partial charge in [-0.2, -0.15) is 0 Å². The zero-order chi connectivity index (χ0) is 72.4. The van der Waals surface area contributed by atoms with Crippen molar-refractivity contribution in [2.75, 3.05) is 20.3 Å². The van der Waals surface area contributed by atoms with E-state index in [4.69, 9.17) is 14.2 Å². The van der Waals surface area contributed by atoms with Gasteiger partial charge >= 0.3 is 17.9 Å². The molecule has 4 aliphatic heterocycles. The second kappa shape index (κ2) is 27.7. The summed E-state index contributed by atoms with van der Waals surface area (Å²) in [4.78, 5) is 53.0. The summed E-state index contributed by atoms with van der Waals surface area (Å²) < 4.78 is 65.1. The van der Waals surface area contributed by atoms with E-state index in [1.54, 1.807) is 60.7 Å². The van der Waals surface area contributed by atoms with Gasteiger partial charge in [-0.15, -0.1) is 0 Å². The first-order chi connectivity index (χ1) is 49.5. The Labute approximate surface area is 592 Å². The van der Waals surface area contributed by atoms with E-state index < -0.39 is 17.9 Å². The lowest BCUT2D eigenvalue weighted by Gasteiger charge is -2.19. The van der Waals surface area contributed by atoms with Crippen molar-refractivity contribution in [3.05, 3.63) is 248 Å². The Bertz CT molecular complexity index is 5520. The molecule has 12 aromatic rings. The smallest absolute Gasteiger partial charge is 0.354 e. The number of ether oxygens (including phenoxy) is 3. The first kappa shape index (κ1) is 68.4. The molecule has 19 heteroatoms. The molecular weight excluding hydrogens is 1310 g/mol. The molecule has 16 rings (SSSR count). The van der Waals surface area contributed by atoms with Gasteiger partial charge in [0.1, 0.15) is 46.3 Å². The third-order valence-corrected chi connectivity index (χ3v) is 19.4. The average molecular weight is 1380 g/mol. The van der Waals surface area contributed by atoms with Gasteiger partial charge in [0, 0.05) is 109 Å².